The molecule has 5 atom stereocenters. The van der Waals surface area contributed by atoms with Gasteiger partial charge in [0.15, 0.2) is 0 Å². The molecular formula is C21H32OS. The summed E-state index contributed by atoms with van der Waals surface area (Å²) < 4.78 is 0. The van der Waals surface area contributed by atoms with Gasteiger partial charge in [0.05, 0.1) is 0 Å². The number of thiol groups is 1. The molecule has 23 heavy (non-hydrogen) atoms. The molecule has 4 rings (SSSR count). The second-order valence-electron chi connectivity index (χ2n) is 8.57. The van der Waals surface area contributed by atoms with E-state index in [4.69, 9.17) is 0 Å². The zero-order valence-electron chi connectivity index (χ0n) is 15.0. The highest BCUT2D eigenvalue weighted by Crippen LogP contribution is 2.64. The van der Waals surface area contributed by atoms with Crippen LogP contribution >= 0.6 is 12.6 Å². The Morgan fingerprint density at radius 3 is 2.61 bits per heavy atom. The number of carbonyl (C=O) groups excluding carboxylic acids is 1. The lowest BCUT2D eigenvalue weighted by Crippen LogP contribution is -2.47. The van der Waals surface area contributed by atoms with Gasteiger partial charge in [0.2, 0.25) is 0 Å². The first-order valence-corrected chi connectivity index (χ1v) is 10.2. The molecule has 4 aliphatic carbocycles. The fourth-order valence-corrected chi connectivity index (χ4v) is 6.23. The first-order chi connectivity index (χ1) is 10.9. The van der Waals surface area contributed by atoms with Crippen molar-refractivity contribution in [1.29, 1.82) is 0 Å². The van der Waals surface area contributed by atoms with Gasteiger partial charge in [-0.2, -0.15) is 12.6 Å². The van der Waals surface area contributed by atoms with Gasteiger partial charge in [-0.15, -0.1) is 0 Å². The molecule has 3 fully saturated rings. The fourth-order valence-electron chi connectivity index (χ4n) is 6.23. The predicted octanol–water partition coefficient (Wildman–Crippen LogP) is 5.62. The third kappa shape index (κ3) is 2.47. The molecule has 4 aliphatic rings. The maximum absolute atomic E-state index is 11.9. The van der Waals surface area contributed by atoms with Crippen molar-refractivity contribution in [3.63, 3.8) is 0 Å². The molecule has 0 bridgehead atoms. The smallest absolute Gasteiger partial charge is 0.133 e. The van der Waals surface area contributed by atoms with Crippen LogP contribution in [0.4, 0.5) is 0 Å². The Bertz CT molecular complexity index is 548. The van der Waals surface area contributed by atoms with Crippen LogP contribution in [0.2, 0.25) is 0 Å². The Balaban J connectivity index is 0.000000753. The summed E-state index contributed by atoms with van der Waals surface area (Å²) in [6, 6.07) is 0. The summed E-state index contributed by atoms with van der Waals surface area (Å²) in [6.45, 7) is 9.31. The summed E-state index contributed by atoms with van der Waals surface area (Å²) in [5.41, 5.74) is 3.92. The van der Waals surface area contributed by atoms with Crippen molar-refractivity contribution in [2.24, 2.45) is 28.6 Å². The van der Waals surface area contributed by atoms with Crippen LogP contribution in [-0.4, -0.2) is 12.0 Å². The number of Topliss-reactive ketones (excluding diaryl/α,β-unsaturated/α-hetero) is 1. The molecule has 0 radical (unpaired) electrons. The lowest BCUT2D eigenvalue weighted by molar-refractivity contribution is -0.125. The molecule has 0 aromatic rings. The Morgan fingerprint density at radius 1 is 1.13 bits per heavy atom. The number of ketones is 1. The Morgan fingerprint density at radius 2 is 1.87 bits per heavy atom. The third-order valence-corrected chi connectivity index (χ3v) is 7.80. The van der Waals surface area contributed by atoms with Gasteiger partial charge >= 0.3 is 0 Å². The Kier molecular flexibility index (Phi) is 4.59. The second-order valence-corrected chi connectivity index (χ2v) is 8.57. The van der Waals surface area contributed by atoms with E-state index in [9.17, 15) is 4.79 Å². The first-order valence-electron chi connectivity index (χ1n) is 9.30. The summed E-state index contributed by atoms with van der Waals surface area (Å²) >= 11 is 3.53. The molecule has 5 unspecified atom stereocenters. The molecule has 1 nitrogen and oxygen atoms in total. The third-order valence-electron chi connectivity index (χ3n) is 7.80. The maximum Gasteiger partial charge on any atom is 0.133 e. The van der Waals surface area contributed by atoms with Crippen molar-refractivity contribution in [3.8, 4) is 0 Å². The molecule has 128 valence electrons. The minimum absolute atomic E-state index is 0.322. The van der Waals surface area contributed by atoms with Gasteiger partial charge in [0, 0.05) is 12.8 Å². The standard InChI is InChI=1S/C20H28O.CH4S/c1-13-4-7-17-16-6-5-14-12-15(21)8-10-20(14,3)18(16)9-11-19(13,17)2;1-2/h9,14,16-17H,1,4-8,10-12H2,2-3H3;2H,1H3. The van der Waals surface area contributed by atoms with Crippen LogP contribution in [0.5, 0.6) is 0 Å². The SMILES string of the molecule is C=C1CCC2C3CCC4CC(=O)CCC4(C)C3=CCC12C.CS. The van der Waals surface area contributed by atoms with E-state index in [1.165, 1.54) is 37.7 Å². The van der Waals surface area contributed by atoms with Crippen LogP contribution in [0.25, 0.3) is 0 Å². The van der Waals surface area contributed by atoms with Crippen molar-refractivity contribution in [2.45, 2.75) is 65.2 Å². The van der Waals surface area contributed by atoms with E-state index < -0.39 is 0 Å². The van der Waals surface area contributed by atoms with Crippen LogP contribution in [-0.2, 0) is 4.79 Å². The number of rotatable bonds is 0. The average Bonchev–Trinajstić information content (AvgIpc) is 2.86. The summed E-state index contributed by atoms with van der Waals surface area (Å²) in [5.74, 6) is 2.72. The zero-order valence-corrected chi connectivity index (χ0v) is 15.9. The number of fused-ring (bicyclic) bond motifs is 5. The second kappa shape index (κ2) is 6.10. The minimum atomic E-state index is 0.322. The molecule has 0 aliphatic heterocycles. The van der Waals surface area contributed by atoms with Gasteiger partial charge in [-0.3, -0.25) is 4.79 Å². The number of allylic oxidation sites excluding steroid dienone is 3. The van der Waals surface area contributed by atoms with E-state index in [0.717, 1.165) is 31.1 Å². The van der Waals surface area contributed by atoms with Crippen molar-refractivity contribution in [1.82, 2.24) is 0 Å². The molecule has 0 aromatic heterocycles. The quantitative estimate of drug-likeness (QED) is 0.450. The van der Waals surface area contributed by atoms with Crippen LogP contribution in [0.1, 0.15) is 65.2 Å². The highest BCUT2D eigenvalue weighted by Gasteiger charge is 2.55. The highest BCUT2D eigenvalue weighted by molar-refractivity contribution is 7.79. The fraction of sp³-hybridized carbons (Fsp3) is 0.762. The summed E-state index contributed by atoms with van der Waals surface area (Å²) in [5, 5.41) is 0. The molecule has 0 saturated heterocycles. The lowest BCUT2D eigenvalue weighted by atomic mass is 9.49. The van der Waals surface area contributed by atoms with E-state index in [2.05, 4.69) is 39.1 Å². The largest absolute Gasteiger partial charge is 0.300 e. The molecule has 0 amide bonds. The summed E-state index contributed by atoms with van der Waals surface area (Å²) in [4.78, 5) is 11.9. The monoisotopic (exact) mass is 332 g/mol. The van der Waals surface area contributed by atoms with E-state index in [0.29, 0.717) is 22.5 Å². The van der Waals surface area contributed by atoms with Gasteiger partial charge in [-0.05, 0) is 73.4 Å². The van der Waals surface area contributed by atoms with Crippen molar-refractivity contribution in [3.05, 3.63) is 23.8 Å². The van der Waals surface area contributed by atoms with E-state index >= 15 is 0 Å². The van der Waals surface area contributed by atoms with Crippen LogP contribution in [0.3, 0.4) is 0 Å². The maximum atomic E-state index is 11.9. The van der Waals surface area contributed by atoms with Gasteiger partial charge < -0.3 is 0 Å². The summed E-state index contributed by atoms with van der Waals surface area (Å²) in [6.07, 6.45) is 13.4. The molecule has 0 spiro atoms. The molecule has 0 aromatic carbocycles. The normalized spacial score (nSPS) is 45.2. The number of hydrogen-bond donors (Lipinski definition) is 1. The molecular weight excluding hydrogens is 300 g/mol. The highest BCUT2D eigenvalue weighted by atomic mass is 32.1. The summed E-state index contributed by atoms with van der Waals surface area (Å²) in [7, 11) is 0. The predicted molar refractivity (Wildman–Crippen MR) is 101 cm³/mol. The van der Waals surface area contributed by atoms with Crippen molar-refractivity contribution < 1.29 is 4.79 Å². The van der Waals surface area contributed by atoms with E-state index in [-0.39, 0.29) is 0 Å². The Labute approximate surface area is 147 Å². The topological polar surface area (TPSA) is 17.1 Å². The van der Waals surface area contributed by atoms with Crippen molar-refractivity contribution >= 4 is 18.4 Å². The first kappa shape index (κ1) is 17.3. The van der Waals surface area contributed by atoms with E-state index in [1.54, 1.807) is 11.8 Å². The number of hydrogen-bond acceptors (Lipinski definition) is 2. The molecule has 2 heteroatoms. The molecule has 3 saturated carbocycles. The Hall–Kier alpha value is -0.500. The van der Waals surface area contributed by atoms with Crippen LogP contribution in [0, 0.1) is 28.6 Å². The van der Waals surface area contributed by atoms with Gasteiger partial charge in [-0.25, -0.2) is 0 Å². The van der Waals surface area contributed by atoms with E-state index in [1.807, 2.05) is 0 Å². The van der Waals surface area contributed by atoms with Crippen molar-refractivity contribution in [2.75, 3.05) is 6.26 Å². The number of carbonyl (C=O) groups is 1. The lowest BCUT2D eigenvalue weighted by Gasteiger charge is -2.55. The minimum Gasteiger partial charge on any atom is -0.300 e. The molecule has 0 heterocycles. The van der Waals surface area contributed by atoms with Crippen LogP contribution < -0.4 is 0 Å². The molecule has 0 N–H and O–H groups in total. The van der Waals surface area contributed by atoms with Gasteiger partial charge in [-0.1, -0.05) is 37.6 Å². The zero-order chi connectivity index (χ0) is 16.8. The average molecular weight is 333 g/mol. The van der Waals surface area contributed by atoms with Gasteiger partial charge in [0.25, 0.3) is 0 Å². The van der Waals surface area contributed by atoms with Gasteiger partial charge in [0.1, 0.15) is 5.78 Å². The van der Waals surface area contributed by atoms with Crippen LogP contribution in [0.15, 0.2) is 23.8 Å².